The monoisotopic (exact) mass is 389 g/mol. The van der Waals surface area contributed by atoms with E-state index in [1.54, 1.807) is 7.11 Å². The van der Waals surface area contributed by atoms with Crippen LogP contribution in [0.3, 0.4) is 0 Å². The molecule has 0 bridgehead atoms. The van der Waals surface area contributed by atoms with Gasteiger partial charge in [-0.1, -0.05) is 6.07 Å². The molecule has 3 heterocycles. The zero-order valence-corrected chi connectivity index (χ0v) is 16.2. The number of thiazole rings is 1. The van der Waals surface area contributed by atoms with Gasteiger partial charge in [-0.2, -0.15) is 0 Å². The summed E-state index contributed by atoms with van der Waals surface area (Å²) < 4.78 is 15.9. The van der Waals surface area contributed by atoms with Crippen LogP contribution >= 0.6 is 11.3 Å². The Morgan fingerprint density at radius 3 is 2.85 bits per heavy atom. The molecule has 2 aromatic rings. The van der Waals surface area contributed by atoms with Gasteiger partial charge in [-0.15, -0.1) is 11.3 Å². The molecule has 0 unspecified atom stereocenters. The minimum Gasteiger partial charge on any atom is -0.454 e. The quantitative estimate of drug-likeness (QED) is 0.752. The highest BCUT2D eigenvalue weighted by atomic mass is 32.1. The lowest BCUT2D eigenvalue weighted by atomic mass is 10.1. The van der Waals surface area contributed by atoms with Gasteiger partial charge in [0.05, 0.1) is 18.7 Å². The fourth-order valence-electron chi connectivity index (χ4n) is 3.34. The summed E-state index contributed by atoms with van der Waals surface area (Å²) in [7, 11) is 1.65. The molecule has 0 N–H and O–H groups in total. The van der Waals surface area contributed by atoms with Crippen LogP contribution in [0.1, 0.15) is 16.3 Å². The molecule has 1 aromatic carbocycles. The molecule has 27 heavy (non-hydrogen) atoms. The van der Waals surface area contributed by atoms with Crippen LogP contribution in [0.15, 0.2) is 23.6 Å². The van der Waals surface area contributed by atoms with Crippen LogP contribution < -0.4 is 9.47 Å². The van der Waals surface area contributed by atoms with E-state index in [2.05, 4.69) is 16.0 Å². The molecule has 4 rings (SSSR count). The first-order valence-electron chi connectivity index (χ1n) is 9.02. The molecule has 0 saturated carbocycles. The maximum Gasteiger partial charge on any atom is 0.231 e. The molecule has 1 saturated heterocycles. The number of ether oxygens (including phenoxy) is 3. The van der Waals surface area contributed by atoms with Gasteiger partial charge in [-0.3, -0.25) is 9.69 Å². The highest BCUT2D eigenvalue weighted by Gasteiger charge is 2.22. The SMILES string of the molecule is COCc1nc(CC(=O)N2CCN(Cc3ccc4c(c3)OCO4)CC2)cs1. The topological polar surface area (TPSA) is 64.1 Å². The molecule has 2 aliphatic rings. The predicted molar refractivity (Wildman–Crippen MR) is 101 cm³/mol. The average Bonchev–Trinajstić information content (AvgIpc) is 3.31. The van der Waals surface area contributed by atoms with Gasteiger partial charge in [-0.05, 0) is 17.7 Å². The first-order valence-corrected chi connectivity index (χ1v) is 9.90. The van der Waals surface area contributed by atoms with Crippen LogP contribution in [-0.4, -0.2) is 60.8 Å². The molecule has 1 fully saturated rings. The number of hydrogen-bond donors (Lipinski definition) is 0. The second kappa shape index (κ2) is 8.24. The minimum absolute atomic E-state index is 0.145. The van der Waals surface area contributed by atoms with Crippen LogP contribution in [0.5, 0.6) is 11.5 Å². The summed E-state index contributed by atoms with van der Waals surface area (Å²) >= 11 is 1.54. The maximum atomic E-state index is 12.5. The summed E-state index contributed by atoms with van der Waals surface area (Å²) in [5.74, 6) is 1.77. The molecule has 0 atom stereocenters. The van der Waals surface area contributed by atoms with Crippen molar-refractivity contribution < 1.29 is 19.0 Å². The van der Waals surface area contributed by atoms with Gasteiger partial charge in [0.15, 0.2) is 11.5 Å². The Hall–Kier alpha value is -2.16. The maximum absolute atomic E-state index is 12.5. The molecule has 2 aliphatic heterocycles. The van der Waals surface area contributed by atoms with Crippen LogP contribution in [0.4, 0.5) is 0 Å². The molecule has 1 aromatic heterocycles. The van der Waals surface area contributed by atoms with Crippen molar-refractivity contribution in [1.82, 2.24) is 14.8 Å². The van der Waals surface area contributed by atoms with E-state index in [0.29, 0.717) is 19.8 Å². The van der Waals surface area contributed by atoms with Gasteiger partial charge >= 0.3 is 0 Å². The number of fused-ring (bicyclic) bond motifs is 1. The highest BCUT2D eigenvalue weighted by Crippen LogP contribution is 2.32. The third-order valence-corrected chi connectivity index (χ3v) is 5.64. The largest absolute Gasteiger partial charge is 0.454 e. The summed E-state index contributed by atoms with van der Waals surface area (Å²) in [5, 5.41) is 2.86. The molecular formula is C19H23N3O4S. The highest BCUT2D eigenvalue weighted by molar-refractivity contribution is 7.09. The third-order valence-electron chi connectivity index (χ3n) is 4.77. The van der Waals surface area contributed by atoms with E-state index in [1.165, 1.54) is 16.9 Å². The Kier molecular flexibility index (Phi) is 5.56. The van der Waals surface area contributed by atoms with Crippen LogP contribution in [0.25, 0.3) is 0 Å². The van der Waals surface area contributed by atoms with Crippen molar-refractivity contribution in [3.8, 4) is 11.5 Å². The second-order valence-corrected chi connectivity index (χ2v) is 7.63. The Morgan fingerprint density at radius 1 is 1.22 bits per heavy atom. The van der Waals surface area contributed by atoms with E-state index in [9.17, 15) is 4.79 Å². The first-order chi connectivity index (χ1) is 13.2. The molecule has 144 valence electrons. The van der Waals surface area contributed by atoms with Crippen molar-refractivity contribution in [3.05, 3.63) is 39.8 Å². The number of nitrogens with zero attached hydrogens (tertiary/aromatic N) is 3. The number of piperazine rings is 1. The van der Waals surface area contributed by atoms with E-state index in [4.69, 9.17) is 14.2 Å². The molecule has 8 heteroatoms. The number of amides is 1. The smallest absolute Gasteiger partial charge is 0.231 e. The van der Waals surface area contributed by atoms with Crippen molar-refractivity contribution in [2.75, 3.05) is 40.1 Å². The lowest BCUT2D eigenvalue weighted by Gasteiger charge is -2.34. The molecule has 1 amide bonds. The van der Waals surface area contributed by atoms with E-state index >= 15 is 0 Å². The van der Waals surface area contributed by atoms with E-state index in [-0.39, 0.29) is 5.91 Å². The van der Waals surface area contributed by atoms with E-state index < -0.39 is 0 Å². The molecular weight excluding hydrogens is 366 g/mol. The zero-order valence-electron chi connectivity index (χ0n) is 15.3. The lowest BCUT2D eigenvalue weighted by molar-refractivity contribution is -0.132. The van der Waals surface area contributed by atoms with Gasteiger partial charge < -0.3 is 19.1 Å². The Balaban J connectivity index is 1.26. The van der Waals surface area contributed by atoms with Gasteiger partial charge in [0.25, 0.3) is 0 Å². The fourth-order valence-corrected chi connectivity index (χ4v) is 4.10. The number of aromatic nitrogens is 1. The van der Waals surface area contributed by atoms with Gasteiger partial charge in [0.2, 0.25) is 12.7 Å². The number of methoxy groups -OCH3 is 1. The van der Waals surface area contributed by atoms with Crippen LogP contribution in [-0.2, 0) is 29.1 Å². The van der Waals surface area contributed by atoms with Crippen LogP contribution in [0, 0.1) is 0 Å². The van der Waals surface area contributed by atoms with Gasteiger partial charge in [0, 0.05) is 45.2 Å². The fraction of sp³-hybridized carbons (Fsp3) is 0.474. The summed E-state index contributed by atoms with van der Waals surface area (Å²) in [6.45, 7) is 4.88. The lowest BCUT2D eigenvalue weighted by Crippen LogP contribution is -2.48. The summed E-state index contributed by atoms with van der Waals surface area (Å²) in [6.07, 6.45) is 0.363. The zero-order chi connectivity index (χ0) is 18.6. The summed E-state index contributed by atoms with van der Waals surface area (Å²) in [5.41, 5.74) is 2.03. The number of rotatable bonds is 6. The molecule has 0 radical (unpaired) electrons. The summed E-state index contributed by atoms with van der Waals surface area (Å²) in [6, 6.07) is 6.08. The van der Waals surface area contributed by atoms with Gasteiger partial charge in [0.1, 0.15) is 5.01 Å². The van der Waals surface area contributed by atoms with E-state index in [0.717, 1.165) is 54.9 Å². The second-order valence-electron chi connectivity index (χ2n) is 6.69. The van der Waals surface area contributed by atoms with E-state index in [1.807, 2.05) is 22.4 Å². The molecule has 0 aliphatic carbocycles. The average molecular weight is 389 g/mol. The van der Waals surface area contributed by atoms with Crippen LogP contribution in [0.2, 0.25) is 0 Å². The Labute approximate surface area is 162 Å². The van der Waals surface area contributed by atoms with Crippen molar-refractivity contribution in [2.45, 2.75) is 19.6 Å². The minimum atomic E-state index is 0.145. The number of carbonyl (C=O) groups is 1. The summed E-state index contributed by atoms with van der Waals surface area (Å²) in [4.78, 5) is 21.3. The Bertz CT molecular complexity index is 802. The van der Waals surface area contributed by atoms with Crippen molar-refractivity contribution in [3.63, 3.8) is 0 Å². The van der Waals surface area contributed by atoms with Crippen molar-refractivity contribution >= 4 is 17.2 Å². The first kappa shape index (κ1) is 18.2. The standard InChI is InChI=1S/C19H23N3O4S/c1-24-11-18-20-15(12-27-18)9-19(23)22-6-4-21(5-7-22)10-14-2-3-16-17(8-14)26-13-25-16/h2-3,8,12H,4-7,9-11,13H2,1H3. The normalized spacial score (nSPS) is 16.7. The van der Waals surface area contributed by atoms with Gasteiger partial charge in [-0.25, -0.2) is 4.98 Å². The number of carbonyl (C=O) groups excluding carboxylic acids is 1. The van der Waals surface area contributed by atoms with Crippen molar-refractivity contribution in [2.24, 2.45) is 0 Å². The number of hydrogen-bond acceptors (Lipinski definition) is 7. The third kappa shape index (κ3) is 4.40. The Morgan fingerprint density at radius 2 is 2.04 bits per heavy atom. The number of benzene rings is 1. The predicted octanol–water partition coefficient (Wildman–Crippen LogP) is 1.91. The molecule has 7 nitrogen and oxygen atoms in total. The molecule has 0 spiro atoms. The van der Waals surface area contributed by atoms with Crippen molar-refractivity contribution in [1.29, 1.82) is 0 Å².